The standard InChI is InChI=1S/C21H23F6N3O/c22-20(23,24)15-5-1-4-13-14(7-17(21(25,26)27)30-18(13)15)16(31)9-29-11-19-6-2-3-12(19)8-28-10-19/h1,4-5,7,12,16,28-29,31H,2-3,6,8-11H2/t12-,16?,19+/m1/s1. The summed E-state index contributed by atoms with van der Waals surface area (Å²) in [5, 5.41) is 17.0. The first-order valence-electron chi connectivity index (χ1n) is 10.2. The van der Waals surface area contributed by atoms with Crippen molar-refractivity contribution in [3.05, 3.63) is 41.1 Å². The number of pyridine rings is 1. The Kier molecular flexibility index (Phi) is 5.68. The molecule has 10 heteroatoms. The molecule has 4 rings (SSSR count). The van der Waals surface area contributed by atoms with Crippen molar-refractivity contribution in [1.82, 2.24) is 15.6 Å². The van der Waals surface area contributed by atoms with Gasteiger partial charge in [-0.25, -0.2) is 4.98 Å². The summed E-state index contributed by atoms with van der Waals surface area (Å²) in [6, 6.07) is 3.69. The van der Waals surface area contributed by atoms with Gasteiger partial charge in [0.2, 0.25) is 0 Å². The fraction of sp³-hybridized carbons (Fsp3) is 0.571. The molecule has 0 spiro atoms. The molecule has 1 aromatic carbocycles. The quantitative estimate of drug-likeness (QED) is 0.599. The molecule has 2 aromatic rings. The minimum atomic E-state index is -4.94. The monoisotopic (exact) mass is 447 g/mol. The van der Waals surface area contributed by atoms with E-state index in [1.165, 1.54) is 6.07 Å². The predicted molar refractivity (Wildman–Crippen MR) is 102 cm³/mol. The Morgan fingerprint density at radius 3 is 2.68 bits per heavy atom. The van der Waals surface area contributed by atoms with E-state index >= 15 is 0 Å². The largest absolute Gasteiger partial charge is 0.433 e. The van der Waals surface area contributed by atoms with Crippen LogP contribution in [0.3, 0.4) is 0 Å². The highest BCUT2D eigenvalue weighted by Crippen LogP contribution is 2.45. The summed E-state index contributed by atoms with van der Waals surface area (Å²) < 4.78 is 80.2. The molecule has 4 nitrogen and oxygen atoms in total. The van der Waals surface area contributed by atoms with Crippen LogP contribution in [0.4, 0.5) is 26.3 Å². The molecule has 1 unspecified atom stereocenters. The van der Waals surface area contributed by atoms with Crippen LogP contribution in [0.15, 0.2) is 24.3 Å². The normalized spacial score (nSPS) is 25.2. The first-order valence-corrected chi connectivity index (χ1v) is 10.2. The minimum Gasteiger partial charge on any atom is -0.387 e. The zero-order valence-electron chi connectivity index (χ0n) is 16.6. The van der Waals surface area contributed by atoms with Crippen molar-refractivity contribution in [2.45, 2.75) is 37.7 Å². The van der Waals surface area contributed by atoms with Crippen LogP contribution in [-0.2, 0) is 12.4 Å². The van der Waals surface area contributed by atoms with E-state index < -0.39 is 35.2 Å². The molecule has 1 aliphatic heterocycles. The average Bonchev–Trinajstić information content (AvgIpc) is 3.25. The highest BCUT2D eigenvalue weighted by Gasteiger charge is 2.45. The highest BCUT2D eigenvalue weighted by atomic mass is 19.4. The molecule has 2 aliphatic rings. The number of nitrogens with zero attached hydrogens (tertiary/aromatic N) is 1. The van der Waals surface area contributed by atoms with Crippen molar-refractivity contribution < 1.29 is 31.4 Å². The third-order valence-corrected chi connectivity index (χ3v) is 6.60. The van der Waals surface area contributed by atoms with E-state index in [-0.39, 0.29) is 22.9 Å². The zero-order valence-corrected chi connectivity index (χ0v) is 16.6. The van der Waals surface area contributed by atoms with Crippen molar-refractivity contribution >= 4 is 10.9 Å². The first-order chi connectivity index (χ1) is 14.5. The number of alkyl halides is 6. The van der Waals surface area contributed by atoms with Gasteiger partial charge >= 0.3 is 12.4 Å². The number of hydrogen-bond donors (Lipinski definition) is 3. The van der Waals surface area contributed by atoms with Crippen LogP contribution in [0, 0.1) is 11.3 Å². The molecule has 2 fully saturated rings. The Hall–Kier alpha value is -1.91. The second-order valence-electron chi connectivity index (χ2n) is 8.52. The maximum atomic E-state index is 13.4. The number of rotatable bonds is 5. The summed E-state index contributed by atoms with van der Waals surface area (Å²) in [5.41, 5.74) is -3.70. The number of benzene rings is 1. The van der Waals surface area contributed by atoms with Crippen LogP contribution in [0.2, 0.25) is 0 Å². The molecule has 3 atom stereocenters. The molecule has 0 radical (unpaired) electrons. The maximum absolute atomic E-state index is 13.4. The van der Waals surface area contributed by atoms with Gasteiger partial charge in [-0.15, -0.1) is 0 Å². The molecule has 1 aromatic heterocycles. The van der Waals surface area contributed by atoms with Crippen LogP contribution in [-0.4, -0.2) is 36.3 Å². The molecule has 170 valence electrons. The molecule has 3 N–H and O–H groups in total. The minimum absolute atomic E-state index is 0.0562. The maximum Gasteiger partial charge on any atom is 0.433 e. The number of fused-ring (bicyclic) bond motifs is 2. The number of aliphatic hydroxyl groups excluding tert-OH is 1. The molecule has 1 saturated carbocycles. The van der Waals surface area contributed by atoms with Gasteiger partial charge in [-0.2, -0.15) is 26.3 Å². The van der Waals surface area contributed by atoms with Gasteiger partial charge in [0.25, 0.3) is 0 Å². The Balaban J connectivity index is 1.64. The van der Waals surface area contributed by atoms with E-state index in [4.69, 9.17) is 0 Å². The van der Waals surface area contributed by atoms with E-state index in [9.17, 15) is 31.4 Å². The van der Waals surface area contributed by atoms with Gasteiger partial charge in [-0.1, -0.05) is 18.6 Å². The van der Waals surface area contributed by atoms with Crippen LogP contribution in [0.1, 0.15) is 42.2 Å². The van der Waals surface area contributed by atoms with Gasteiger partial charge < -0.3 is 15.7 Å². The van der Waals surface area contributed by atoms with Gasteiger partial charge in [0.1, 0.15) is 5.69 Å². The molecule has 1 saturated heterocycles. The molecular formula is C21H23F6N3O. The molecular weight excluding hydrogens is 424 g/mol. The van der Waals surface area contributed by atoms with Crippen molar-refractivity contribution in [3.63, 3.8) is 0 Å². The van der Waals surface area contributed by atoms with Crippen molar-refractivity contribution in [2.24, 2.45) is 11.3 Å². The number of halogens is 6. The summed E-state index contributed by atoms with van der Waals surface area (Å²) in [6.45, 7) is 2.28. The highest BCUT2D eigenvalue weighted by molar-refractivity contribution is 5.86. The number of hydrogen-bond acceptors (Lipinski definition) is 4. The third kappa shape index (κ3) is 4.25. The Morgan fingerprint density at radius 2 is 1.97 bits per heavy atom. The number of para-hydroxylation sites is 1. The lowest BCUT2D eigenvalue weighted by atomic mass is 9.80. The summed E-state index contributed by atoms with van der Waals surface area (Å²) in [6.07, 6.45) is -7.98. The fourth-order valence-electron chi connectivity index (χ4n) is 5.04. The lowest BCUT2D eigenvalue weighted by Gasteiger charge is -2.29. The average molecular weight is 447 g/mol. The van der Waals surface area contributed by atoms with Crippen molar-refractivity contribution in [1.29, 1.82) is 0 Å². The number of nitrogens with one attached hydrogen (secondary N) is 2. The van der Waals surface area contributed by atoms with Gasteiger partial charge in [-0.3, -0.25) is 0 Å². The summed E-state index contributed by atoms with van der Waals surface area (Å²) in [7, 11) is 0. The second kappa shape index (κ2) is 7.90. The van der Waals surface area contributed by atoms with E-state index in [1.54, 1.807) is 0 Å². The Labute approximate surface area is 175 Å². The topological polar surface area (TPSA) is 57.2 Å². The molecule has 1 aliphatic carbocycles. The van der Waals surface area contributed by atoms with Crippen LogP contribution in [0.25, 0.3) is 10.9 Å². The SMILES string of the molecule is OC(CNC[C@@]12CCC[C@@H]1CNC2)c1cc(C(F)(F)F)nc2c(C(F)(F)F)cccc12. The van der Waals surface area contributed by atoms with Crippen molar-refractivity contribution in [2.75, 3.05) is 26.2 Å². The van der Waals surface area contributed by atoms with Crippen LogP contribution >= 0.6 is 0 Å². The smallest absolute Gasteiger partial charge is 0.387 e. The lowest BCUT2D eigenvalue weighted by Crippen LogP contribution is -2.39. The summed E-state index contributed by atoms with van der Waals surface area (Å²) in [5.74, 6) is 0.519. The predicted octanol–water partition coefficient (Wildman–Crippen LogP) is 4.29. The Morgan fingerprint density at radius 1 is 1.19 bits per heavy atom. The van der Waals surface area contributed by atoms with Crippen LogP contribution in [0.5, 0.6) is 0 Å². The number of aromatic nitrogens is 1. The second-order valence-corrected chi connectivity index (χ2v) is 8.52. The van der Waals surface area contributed by atoms with E-state index in [1.807, 2.05) is 0 Å². The van der Waals surface area contributed by atoms with E-state index in [0.717, 1.165) is 38.4 Å². The van der Waals surface area contributed by atoms with Gasteiger partial charge in [0.05, 0.1) is 17.2 Å². The van der Waals surface area contributed by atoms with Crippen molar-refractivity contribution in [3.8, 4) is 0 Å². The molecule has 31 heavy (non-hydrogen) atoms. The zero-order chi connectivity index (χ0) is 22.4. The molecule has 2 heterocycles. The van der Waals surface area contributed by atoms with Crippen LogP contribution < -0.4 is 10.6 Å². The molecule has 0 bridgehead atoms. The summed E-state index contributed by atoms with van der Waals surface area (Å²) in [4.78, 5) is 3.26. The Bertz CT molecular complexity index is 949. The van der Waals surface area contributed by atoms with Gasteiger partial charge in [0.15, 0.2) is 0 Å². The first kappa shape index (κ1) is 22.3. The summed E-state index contributed by atoms with van der Waals surface area (Å²) >= 11 is 0. The lowest BCUT2D eigenvalue weighted by molar-refractivity contribution is -0.142. The fourth-order valence-corrected chi connectivity index (χ4v) is 5.04. The van der Waals surface area contributed by atoms with Gasteiger partial charge in [0, 0.05) is 25.0 Å². The molecule has 0 amide bonds. The van der Waals surface area contributed by atoms with E-state index in [2.05, 4.69) is 15.6 Å². The van der Waals surface area contributed by atoms with Gasteiger partial charge in [-0.05, 0) is 48.4 Å². The van der Waals surface area contributed by atoms with E-state index in [0.29, 0.717) is 24.6 Å². The number of aliphatic hydroxyl groups is 1. The third-order valence-electron chi connectivity index (χ3n) is 6.60.